The van der Waals surface area contributed by atoms with Crippen LogP contribution in [0, 0.1) is 22.7 Å². The van der Waals surface area contributed by atoms with Gasteiger partial charge in [0.15, 0.2) is 0 Å². The summed E-state index contributed by atoms with van der Waals surface area (Å²) < 4.78 is 2.62. The maximum Gasteiger partial charge on any atom is 0.238 e. The van der Waals surface area contributed by atoms with Gasteiger partial charge in [-0.3, -0.25) is 15.1 Å². The van der Waals surface area contributed by atoms with Crippen LogP contribution < -0.4 is 5.32 Å². The van der Waals surface area contributed by atoms with Crippen molar-refractivity contribution in [3.8, 4) is 11.8 Å². The monoisotopic (exact) mass is 545 g/mol. The predicted octanol–water partition coefficient (Wildman–Crippen LogP) is 4.45. The predicted molar refractivity (Wildman–Crippen MR) is 138 cm³/mol. The van der Waals surface area contributed by atoms with Crippen LogP contribution in [-0.4, -0.2) is 38.8 Å². The summed E-state index contributed by atoms with van der Waals surface area (Å²) in [4.78, 5) is 15.6. The molecule has 1 atom stereocenters. The van der Waals surface area contributed by atoms with Crippen molar-refractivity contribution < 1.29 is 4.79 Å². The third kappa shape index (κ3) is 4.65. The van der Waals surface area contributed by atoms with Gasteiger partial charge in [-0.15, -0.1) is 16.9 Å². The highest BCUT2D eigenvalue weighted by Gasteiger charge is 2.37. The molecule has 2 N–H and O–H groups in total. The molecule has 1 unspecified atom stereocenters. The number of hydrogen-bond donors (Lipinski definition) is 2. The Morgan fingerprint density at radius 1 is 1.29 bits per heavy atom. The molecule has 2 aliphatic rings. The lowest BCUT2D eigenvalue weighted by Gasteiger charge is -2.33. The van der Waals surface area contributed by atoms with Gasteiger partial charge in [0.25, 0.3) is 0 Å². The van der Waals surface area contributed by atoms with Crippen LogP contribution in [0.15, 0.2) is 75.2 Å². The number of halogens is 1. The van der Waals surface area contributed by atoms with Crippen molar-refractivity contribution in [2.24, 2.45) is 5.92 Å². The van der Waals surface area contributed by atoms with E-state index in [4.69, 9.17) is 5.41 Å². The second-order valence-corrected chi connectivity index (χ2v) is 10.1. The first-order valence-corrected chi connectivity index (χ1v) is 12.5. The van der Waals surface area contributed by atoms with Gasteiger partial charge in [0.1, 0.15) is 0 Å². The Hall–Kier alpha value is -3.68. The number of thioether (sulfide) groups is 1. The summed E-state index contributed by atoms with van der Waals surface area (Å²) in [5.74, 6) is -0.622. The SMILES string of the molecule is CN1C(=N)N/C(=C2\CC(c3cccc(C#N)c3)=CS2)C(Cc2cn(-c3cccc(Br)c3)nn2)C1=O. The molecule has 1 fully saturated rings. The molecule has 174 valence electrons. The zero-order valence-electron chi connectivity index (χ0n) is 18.7. The highest BCUT2D eigenvalue weighted by molar-refractivity contribution is 9.10. The molecule has 0 bridgehead atoms. The first-order chi connectivity index (χ1) is 16.9. The topological polar surface area (TPSA) is 111 Å². The number of amides is 1. The minimum atomic E-state index is -0.512. The summed E-state index contributed by atoms with van der Waals surface area (Å²) in [5.41, 5.74) is 4.94. The third-order valence-electron chi connectivity index (χ3n) is 5.95. The van der Waals surface area contributed by atoms with Crippen LogP contribution in [0.4, 0.5) is 0 Å². The second-order valence-electron chi connectivity index (χ2n) is 8.23. The van der Waals surface area contributed by atoms with Gasteiger partial charge < -0.3 is 5.32 Å². The Morgan fingerprint density at radius 2 is 2.11 bits per heavy atom. The van der Waals surface area contributed by atoms with Crippen LogP contribution in [0.25, 0.3) is 11.3 Å². The normalized spacial score (nSPS) is 20.0. The molecule has 0 radical (unpaired) electrons. The van der Waals surface area contributed by atoms with Gasteiger partial charge in [0, 0.05) is 35.0 Å². The molecular formula is C25H20BrN7OS. The quantitative estimate of drug-likeness (QED) is 0.501. The first kappa shape index (κ1) is 23.1. The van der Waals surface area contributed by atoms with Crippen molar-refractivity contribution in [3.63, 3.8) is 0 Å². The first-order valence-electron chi connectivity index (χ1n) is 10.8. The fraction of sp³-hybridized carbons (Fsp3) is 0.160. The number of carbonyl (C=O) groups is 1. The minimum Gasteiger partial charge on any atom is -0.328 e. The van der Waals surface area contributed by atoms with Crippen molar-refractivity contribution in [2.75, 3.05) is 7.05 Å². The van der Waals surface area contributed by atoms with E-state index in [9.17, 15) is 10.1 Å². The lowest BCUT2D eigenvalue weighted by molar-refractivity contribution is -0.130. The van der Waals surface area contributed by atoms with Crippen molar-refractivity contribution in [1.82, 2.24) is 25.2 Å². The number of nitrogens with one attached hydrogen (secondary N) is 2. The molecule has 3 aromatic rings. The number of rotatable bonds is 4. The van der Waals surface area contributed by atoms with E-state index < -0.39 is 5.92 Å². The van der Waals surface area contributed by atoms with E-state index >= 15 is 0 Å². The van der Waals surface area contributed by atoms with Gasteiger partial charge in [-0.2, -0.15) is 5.26 Å². The zero-order valence-corrected chi connectivity index (χ0v) is 21.1. The van der Waals surface area contributed by atoms with Gasteiger partial charge in [0.2, 0.25) is 11.9 Å². The van der Waals surface area contributed by atoms with E-state index in [2.05, 4.69) is 37.6 Å². The maximum absolute atomic E-state index is 13.3. The molecule has 8 nitrogen and oxygen atoms in total. The average Bonchev–Trinajstić information content (AvgIpc) is 3.55. The molecule has 0 aliphatic carbocycles. The number of nitriles is 1. The largest absolute Gasteiger partial charge is 0.328 e. The van der Waals surface area contributed by atoms with E-state index in [1.54, 1.807) is 29.6 Å². The van der Waals surface area contributed by atoms with Gasteiger partial charge in [-0.25, -0.2) is 4.68 Å². The van der Waals surface area contributed by atoms with Crippen LogP contribution >= 0.6 is 27.7 Å². The molecule has 1 amide bonds. The second kappa shape index (κ2) is 9.52. The number of aromatic nitrogens is 3. The standard InChI is InChI=1S/C25H20BrN7OS/c1-32-24(34)21(11-19-13-33(31-30-19)20-7-3-6-18(26)10-20)23(29-25(32)28)22-9-17(14-35-22)16-5-2-4-15(8-16)12-27/h2-8,10,13-14,21H,9,11H2,1H3,(H2,28,29)/b23-22+. The van der Waals surface area contributed by atoms with E-state index in [-0.39, 0.29) is 11.9 Å². The highest BCUT2D eigenvalue weighted by Crippen LogP contribution is 2.43. The van der Waals surface area contributed by atoms with Crippen LogP contribution in [0.2, 0.25) is 0 Å². The average molecular weight is 546 g/mol. The van der Waals surface area contributed by atoms with Gasteiger partial charge in [-0.05, 0) is 46.9 Å². The summed E-state index contributed by atoms with van der Waals surface area (Å²) >= 11 is 5.02. The number of allylic oxidation sites excluding steroid dienone is 2. The highest BCUT2D eigenvalue weighted by atomic mass is 79.9. The molecular weight excluding hydrogens is 526 g/mol. The summed E-state index contributed by atoms with van der Waals surface area (Å²) in [6, 6.07) is 17.4. The summed E-state index contributed by atoms with van der Waals surface area (Å²) in [6.07, 6.45) is 2.81. The molecule has 2 aromatic carbocycles. The Bertz CT molecular complexity index is 1450. The molecule has 35 heavy (non-hydrogen) atoms. The molecule has 5 rings (SSSR count). The summed E-state index contributed by atoms with van der Waals surface area (Å²) in [6.45, 7) is 0. The number of carbonyl (C=O) groups excluding carboxylic acids is 1. The van der Waals surface area contributed by atoms with Crippen LogP contribution in [0.1, 0.15) is 23.2 Å². The van der Waals surface area contributed by atoms with Crippen molar-refractivity contribution in [2.45, 2.75) is 12.8 Å². The van der Waals surface area contributed by atoms with Gasteiger partial charge in [0.05, 0.1) is 35.1 Å². The van der Waals surface area contributed by atoms with Crippen molar-refractivity contribution in [3.05, 3.63) is 92.0 Å². The van der Waals surface area contributed by atoms with Crippen molar-refractivity contribution in [1.29, 1.82) is 10.7 Å². The number of guanidine groups is 1. The van der Waals surface area contributed by atoms with Crippen molar-refractivity contribution >= 4 is 45.1 Å². The van der Waals surface area contributed by atoms with E-state index in [1.807, 2.05) is 54.1 Å². The van der Waals surface area contributed by atoms with E-state index in [0.717, 1.165) is 31.9 Å². The van der Waals surface area contributed by atoms with Gasteiger partial charge in [-0.1, -0.05) is 39.3 Å². The fourth-order valence-electron chi connectivity index (χ4n) is 4.08. The minimum absolute atomic E-state index is 0.0482. The third-order valence-corrected chi connectivity index (χ3v) is 7.49. The fourth-order valence-corrected chi connectivity index (χ4v) is 5.53. The van der Waals surface area contributed by atoms with E-state index in [1.165, 1.54) is 4.90 Å². The molecule has 0 spiro atoms. The van der Waals surface area contributed by atoms with Crippen LogP contribution in [0.3, 0.4) is 0 Å². The Balaban J connectivity index is 1.43. The summed E-state index contributed by atoms with van der Waals surface area (Å²) in [5, 5.41) is 31.2. The zero-order chi connectivity index (χ0) is 24.5. The Kier molecular flexibility index (Phi) is 6.28. The molecule has 1 aromatic heterocycles. The number of nitrogens with zero attached hydrogens (tertiary/aromatic N) is 5. The smallest absolute Gasteiger partial charge is 0.238 e. The lowest BCUT2D eigenvalue weighted by atomic mass is 9.93. The Labute approximate surface area is 215 Å². The number of benzene rings is 2. The van der Waals surface area contributed by atoms with Crippen LogP contribution in [-0.2, 0) is 11.2 Å². The summed E-state index contributed by atoms with van der Waals surface area (Å²) in [7, 11) is 1.60. The Morgan fingerprint density at radius 3 is 2.91 bits per heavy atom. The van der Waals surface area contributed by atoms with Crippen LogP contribution in [0.5, 0.6) is 0 Å². The van der Waals surface area contributed by atoms with Gasteiger partial charge >= 0.3 is 0 Å². The van der Waals surface area contributed by atoms with E-state index in [0.29, 0.717) is 24.1 Å². The molecule has 3 heterocycles. The maximum atomic E-state index is 13.3. The lowest BCUT2D eigenvalue weighted by Crippen LogP contribution is -2.52. The molecule has 2 aliphatic heterocycles. The molecule has 1 saturated heterocycles. The number of hydrogen-bond acceptors (Lipinski definition) is 6. The molecule has 0 saturated carbocycles. The molecule has 10 heteroatoms.